The Bertz CT molecular complexity index is 1620. The van der Waals surface area contributed by atoms with Crippen molar-refractivity contribution in [2.75, 3.05) is 25.6 Å². The topological polar surface area (TPSA) is 146 Å². The summed E-state index contributed by atoms with van der Waals surface area (Å²) in [6.07, 6.45) is -2.89. The number of aliphatic hydroxyl groups excluding tert-OH is 1. The third kappa shape index (κ3) is 9.76. The molecule has 0 radical (unpaired) electrons. The molecule has 2 N–H and O–H groups in total. The van der Waals surface area contributed by atoms with Crippen molar-refractivity contribution in [2.45, 2.75) is 78.1 Å². The lowest BCUT2D eigenvalue weighted by atomic mass is 10.1. The molecule has 3 aromatic rings. The molecule has 1 aromatic heterocycles. The fourth-order valence-electron chi connectivity index (χ4n) is 4.99. The Morgan fingerprint density at radius 3 is 2.31 bits per heavy atom. The van der Waals surface area contributed by atoms with Crippen molar-refractivity contribution in [3.05, 3.63) is 105 Å². The van der Waals surface area contributed by atoms with Gasteiger partial charge in [0.1, 0.15) is 18.5 Å². The molecule has 258 valence electrons. The highest BCUT2D eigenvalue weighted by atomic mass is 31.2. The first-order valence-corrected chi connectivity index (χ1v) is 16.5. The standard InChI is InChI=1S/C33H40N5O7P.CH4O/c1-21(2)38(22(3)4)46(42-19-18-34-7)45-27-24(6)43-31(28(27)44-32(40)26-16-12-9-13-17-26)37-20-23(5)29(36-33(37)41)35-30(39)25-14-10-8-11-15-25;1-2/h8-17,20-22,24,27-28,31H,18-19H2,1-6H3,(H,35,36,39,41);2H,1H3/t24-,27?,28?,31-,46?;/m1./s1/i6D;2T. The maximum Gasteiger partial charge on any atom is 0.351 e. The van der Waals surface area contributed by atoms with Crippen molar-refractivity contribution in [3.63, 3.8) is 0 Å². The van der Waals surface area contributed by atoms with Gasteiger partial charge in [-0.05, 0) is 65.8 Å². The number of carbonyl (C=O) groups is 2. The first-order chi connectivity index (χ1) is 24.0. The van der Waals surface area contributed by atoms with Crippen LogP contribution in [0, 0.1) is 13.5 Å². The summed E-state index contributed by atoms with van der Waals surface area (Å²) in [5.41, 5.74) is 0.361. The van der Waals surface area contributed by atoms with Gasteiger partial charge in [0.25, 0.3) is 14.4 Å². The highest BCUT2D eigenvalue weighted by Crippen LogP contribution is 2.50. The van der Waals surface area contributed by atoms with Crippen molar-refractivity contribution in [1.82, 2.24) is 14.2 Å². The van der Waals surface area contributed by atoms with Crippen molar-refractivity contribution < 1.29 is 34.6 Å². The number of carbonyl (C=O) groups excluding carboxylic acids is 2. The van der Waals surface area contributed by atoms with E-state index < -0.39 is 50.6 Å². The zero-order valence-corrected chi connectivity index (χ0v) is 28.8. The van der Waals surface area contributed by atoms with Crippen LogP contribution in [-0.4, -0.2) is 83.3 Å². The Kier molecular flexibility index (Phi) is 13.6. The Balaban J connectivity index is 0.00000217. The minimum Gasteiger partial charge on any atom is -0.451 e. The summed E-state index contributed by atoms with van der Waals surface area (Å²) in [5.74, 6) is -1.03. The fraction of sp³-hybridized carbons (Fsp3) is 0.441. The second-order valence-corrected chi connectivity index (χ2v) is 12.6. The summed E-state index contributed by atoms with van der Waals surface area (Å²) < 4.78 is 42.2. The van der Waals surface area contributed by atoms with Crippen LogP contribution < -0.4 is 11.0 Å². The van der Waals surface area contributed by atoms with Crippen molar-refractivity contribution in [1.29, 1.82) is 1.43 Å². The largest absolute Gasteiger partial charge is 0.451 e. The lowest BCUT2D eigenvalue weighted by Gasteiger charge is -2.37. The van der Waals surface area contributed by atoms with E-state index in [1.807, 2.05) is 32.4 Å². The molecule has 2 aromatic carbocycles. The van der Waals surface area contributed by atoms with Gasteiger partial charge in [-0.2, -0.15) is 4.98 Å². The van der Waals surface area contributed by atoms with E-state index in [0.717, 1.165) is 0 Å². The molecule has 0 spiro atoms. The molecule has 1 aliphatic rings. The summed E-state index contributed by atoms with van der Waals surface area (Å²) in [6.45, 7) is 16.8. The number of nitrogens with one attached hydrogen (secondary N) is 1. The molecule has 4 rings (SSSR count). The summed E-state index contributed by atoms with van der Waals surface area (Å²) in [6, 6.07) is 16.9. The third-order valence-electron chi connectivity index (χ3n) is 7.08. The van der Waals surface area contributed by atoms with E-state index in [2.05, 4.69) is 20.3 Å². The molecular formula is C34H44N5O8P. The van der Waals surface area contributed by atoms with E-state index in [-0.39, 0.29) is 43.5 Å². The minimum absolute atomic E-state index is 0.0138. The number of nitrogens with zero attached hydrogens (tertiary/aromatic N) is 4. The van der Waals surface area contributed by atoms with Gasteiger partial charge in [-0.3, -0.25) is 9.36 Å². The number of anilines is 1. The fourth-order valence-corrected chi connectivity index (χ4v) is 6.75. The number of aryl methyl sites for hydroxylation is 1. The molecule has 0 bridgehead atoms. The normalized spacial score (nSPS) is 19.9. The second-order valence-electron chi connectivity index (χ2n) is 11.2. The number of esters is 1. The van der Waals surface area contributed by atoms with Gasteiger partial charge < -0.3 is 33.8 Å². The molecule has 0 saturated carbocycles. The van der Waals surface area contributed by atoms with Crippen molar-refractivity contribution in [3.8, 4) is 0 Å². The van der Waals surface area contributed by atoms with Crippen molar-refractivity contribution in [2.24, 2.45) is 0 Å². The van der Waals surface area contributed by atoms with Crippen LogP contribution in [0.3, 0.4) is 0 Å². The van der Waals surface area contributed by atoms with Crippen molar-refractivity contribution >= 4 is 26.2 Å². The second kappa shape index (κ2) is 18.5. The monoisotopic (exact) mass is 684 g/mol. The molecule has 1 amide bonds. The predicted molar refractivity (Wildman–Crippen MR) is 182 cm³/mol. The molecule has 1 aliphatic heterocycles. The third-order valence-corrected chi connectivity index (χ3v) is 9.21. The van der Waals surface area contributed by atoms with Crippen LogP contribution in [-0.2, 0) is 18.5 Å². The van der Waals surface area contributed by atoms with Gasteiger partial charge in [-0.1, -0.05) is 36.4 Å². The molecule has 2 heterocycles. The lowest BCUT2D eigenvalue weighted by molar-refractivity contribution is -0.0489. The van der Waals surface area contributed by atoms with E-state index in [9.17, 15) is 14.4 Å². The smallest absolute Gasteiger partial charge is 0.351 e. The van der Waals surface area contributed by atoms with Gasteiger partial charge >= 0.3 is 11.7 Å². The van der Waals surface area contributed by atoms with Crippen LogP contribution in [0.15, 0.2) is 71.7 Å². The zero-order valence-electron chi connectivity index (χ0n) is 29.9. The average Bonchev–Trinajstić information content (AvgIpc) is 3.43. The Labute approximate surface area is 285 Å². The minimum atomic E-state index is -1.82. The number of hydrogen-bond acceptors (Lipinski definition) is 10. The Morgan fingerprint density at radius 2 is 1.75 bits per heavy atom. The molecule has 1 saturated heterocycles. The van der Waals surface area contributed by atoms with Gasteiger partial charge in [0.2, 0.25) is 7.98 Å². The van der Waals surface area contributed by atoms with E-state index in [4.69, 9.17) is 27.9 Å². The SMILES string of the molecule is [2H]C[C@H]1O[C@@H](n2cc(C)c(NC(=O)c3ccccc3)nc2=O)C(OC(=O)c2ccccc2)C1OP(OCC[N+]#[C-])N(C(C)C)C(C)C.[3H]OC. The first kappa shape index (κ1) is 35.3. The number of rotatable bonds is 13. The lowest BCUT2D eigenvalue weighted by Crippen LogP contribution is -2.41. The van der Waals surface area contributed by atoms with Gasteiger partial charge in [0, 0.05) is 37.9 Å². The van der Waals surface area contributed by atoms with Gasteiger partial charge in [0.05, 0.1) is 11.7 Å². The number of hydrogen-bond donors (Lipinski definition) is 2. The Hall–Kier alpha value is -4.02. The molecule has 3 unspecified atom stereocenters. The molecule has 13 nitrogen and oxygen atoms in total. The highest BCUT2D eigenvalue weighted by molar-refractivity contribution is 7.44. The number of aliphatic hydroxyl groups is 1. The van der Waals surface area contributed by atoms with Gasteiger partial charge in [0.15, 0.2) is 12.3 Å². The number of ether oxygens (including phenoxy) is 2. The summed E-state index contributed by atoms with van der Waals surface area (Å²) in [7, 11) is -0.526. The van der Waals surface area contributed by atoms with E-state index in [0.29, 0.717) is 11.1 Å². The molecular weight excluding hydrogens is 637 g/mol. The molecule has 1 fully saturated rings. The first-order valence-electron chi connectivity index (χ1n) is 16.5. The quantitative estimate of drug-likeness (QED) is 0.106. The maximum atomic E-state index is 13.5. The summed E-state index contributed by atoms with van der Waals surface area (Å²) in [4.78, 5) is 47.2. The van der Waals surface area contributed by atoms with E-state index in [1.165, 1.54) is 17.9 Å². The summed E-state index contributed by atoms with van der Waals surface area (Å²) in [5, 5.41) is 6.18. The van der Waals surface area contributed by atoms with Gasteiger partial charge in [-0.15, -0.1) is 0 Å². The average molecular weight is 685 g/mol. The maximum absolute atomic E-state index is 13.5. The summed E-state index contributed by atoms with van der Waals surface area (Å²) >= 11 is 0. The predicted octanol–water partition coefficient (Wildman–Crippen LogP) is 5.22. The molecule has 5 atom stereocenters. The van der Waals surface area contributed by atoms with Crippen LogP contribution >= 0.6 is 8.53 Å². The van der Waals surface area contributed by atoms with Crippen LogP contribution in [0.25, 0.3) is 4.85 Å². The van der Waals surface area contributed by atoms with E-state index in [1.54, 1.807) is 67.6 Å². The Morgan fingerprint density at radius 1 is 1.15 bits per heavy atom. The number of benzene rings is 2. The van der Waals surface area contributed by atoms with Gasteiger partial charge in [-0.25, -0.2) is 20.8 Å². The number of amides is 1. The number of aromatic nitrogens is 2. The highest BCUT2D eigenvalue weighted by Gasteiger charge is 2.50. The van der Waals surface area contributed by atoms with Crippen LogP contribution in [0.2, 0.25) is 0 Å². The molecule has 0 aliphatic carbocycles. The zero-order chi connectivity index (χ0) is 36.8. The molecule has 14 heteroatoms. The van der Waals surface area contributed by atoms with Crippen LogP contribution in [0.5, 0.6) is 0 Å². The van der Waals surface area contributed by atoms with Crippen LogP contribution in [0.1, 0.15) is 68.5 Å². The molecule has 48 heavy (non-hydrogen) atoms. The van der Waals surface area contributed by atoms with Crippen LogP contribution in [0.4, 0.5) is 5.82 Å². The van der Waals surface area contributed by atoms with E-state index >= 15 is 0 Å².